The van der Waals surface area contributed by atoms with Gasteiger partial charge in [0.05, 0.1) is 24.3 Å². The van der Waals surface area contributed by atoms with Gasteiger partial charge in [-0.1, -0.05) is 0 Å². The van der Waals surface area contributed by atoms with E-state index < -0.39 is 60.8 Å². The Morgan fingerprint density at radius 3 is 1.83 bits per heavy atom. The third-order valence-corrected chi connectivity index (χ3v) is 6.20. The average Bonchev–Trinajstić information content (AvgIpc) is 3.38. The van der Waals surface area contributed by atoms with Gasteiger partial charge in [0.15, 0.2) is 0 Å². The van der Waals surface area contributed by atoms with Crippen molar-refractivity contribution in [2.45, 2.75) is 38.5 Å². The van der Waals surface area contributed by atoms with Crippen LogP contribution in [-0.2, 0) is 27.3 Å². The number of unbranched alkanes of at least 4 members (excludes halogenated alkanes) is 1. The number of benzene rings is 2. The van der Waals surface area contributed by atoms with Crippen molar-refractivity contribution in [3.05, 3.63) is 58.2 Å². The quantitative estimate of drug-likeness (QED) is 0.207. The molecule has 188 valence electrons. The van der Waals surface area contributed by atoms with Gasteiger partial charge in [0, 0.05) is 6.54 Å². The maximum atomic E-state index is 14.9. The standard InChI is InChI=1S/C22H22B2F2N2O8/c25-17-7-15-11(9-35-23(15)33)5-13(17)20(29)28(4-2-1-3-19(27)22(31)32)21(30)14-6-12-10-36-24(34)16(12)8-18(14)26/h5-8,19,33-34H,1-4,9-10,27H2,(H,31,32)/t19-/m0/s1. The predicted molar refractivity (Wildman–Crippen MR) is 122 cm³/mol. The Balaban J connectivity index is 1.63. The molecule has 0 aromatic heterocycles. The zero-order valence-corrected chi connectivity index (χ0v) is 18.9. The number of nitrogens with zero attached hydrogens (tertiary/aromatic N) is 1. The molecule has 0 saturated carbocycles. The van der Waals surface area contributed by atoms with Gasteiger partial charge < -0.3 is 30.2 Å². The highest BCUT2D eigenvalue weighted by molar-refractivity contribution is 6.62. The number of nitrogens with two attached hydrogens (primary N) is 1. The maximum absolute atomic E-state index is 14.9. The molecule has 2 aliphatic heterocycles. The van der Waals surface area contributed by atoms with Gasteiger partial charge >= 0.3 is 20.2 Å². The summed E-state index contributed by atoms with van der Waals surface area (Å²) < 4.78 is 39.8. The lowest BCUT2D eigenvalue weighted by Crippen LogP contribution is -2.40. The van der Waals surface area contributed by atoms with Gasteiger partial charge in [0.25, 0.3) is 11.8 Å². The first-order valence-corrected chi connectivity index (χ1v) is 11.2. The molecule has 0 radical (unpaired) electrons. The van der Waals surface area contributed by atoms with Crippen molar-refractivity contribution < 1.29 is 47.6 Å². The second-order valence-electron chi connectivity index (χ2n) is 8.59. The molecule has 0 aliphatic carbocycles. The number of rotatable bonds is 8. The van der Waals surface area contributed by atoms with E-state index in [2.05, 4.69) is 0 Å². The van der Waals surface area contributed by atoms with Crippen LogP contribution < -0.4 is 16.7 Å². The van der Waals surface area contributed by atoms with Crippen LogP contribution >= 0.6 is 0 Å². The minimum atomic E-state index is -1.34. The summed E-state index contributed by atoms with van der Waals surface area (Å²) in [4.78, 5) is 38.3. The van der Waals surface area contributed by atoms with Gasteiger partial charge in [-0.15, -0.1) is 0 Å². The molecule has 0 unspecified atom stereocenters. The van der Waals surface area contributed by atoms with Gasteiger partial charge in [-0.3, -0.25) is 19.3 Å². The summed E-state index contributed by atoms with van der Waals surface area (Å²) in [5.41, 5.74) is 5.60. The van der Waals surface area contributed by atoms with Crippen LogP contribution in [0.3, 0.4) is 0 Å². The first-order chi connectivity index (χ1) is 17.1. The number of aliphatic carboxylic acids is 1. The van der Waals surface area contributed by atoms with E-state index in [0.29, 0.717) is 16.0 Å². The monoisotopic (exact) mass is 502 g/mol. The van der Waals surface area contributed by atoms with Crippen molar-refractivity contribution >= 4 is 42.9 Å². The largest absolute Gasteiger partial charge is 0.491 e. The third-order valence-electron chi connectivity index (χ3n) is 6.20. The molecule has 2 heterocycles. The second-order valence-corrected chi connectivity index (χ2v) is 8.59. The van der Waals surface area contributed by atoms with Crippen molar-refractivity contribution in [2.75, 3.05) is 6.54 Å². The predicted octanol–water partition coefficient (Wildman–Crippen LogP) is -0.735. The van der Waals surface area contributed by atoms with Gasteiger partial charge in [-0.2, -0.15) is 0 Å². The number of carboxylic acids is 1. The number of imide groups is 1. The molecule has 0 bridgehead atoms. The number of hydrogen-bond acceptors (Lipinski definition) is 8. The minimum Gasteiger partial charge on any atom is -0.480 e. The lowest BCUT2D eigenvalue weighted by atomic mass is 9.79. The fourth-order valence-corrected chi connectivity index (χ4v) is 4.17. The third kappa shape index (κ3) is 5.04. The smallest absolute Gasteiger partial charge is 0.480 e. The molecule has 1 atom stereocenters. The van der Waals surface area contributed by atoms with E-state index in [0.717, 1.165) is 12.1 Å². The van der Waals surface area contributed by atoms with E-state index in [4.69, 9.17) is 20.1 Å². The Labute approximate surface area is 204 Å². The fraction of sp³-hybridized carbons (Fsp3) is 0.318. The van der Waals surface area contributed by atoms with Crippen molar-refractivity contribution in [3.63, 3.8) is 0 Å². The molecule has 14 heteroatoms. The molecular weight excluding hydrogens is 480 g/mol. The zero-order valence-electron chi connectivity index (χ0n) is 18.9. The summed E-state index contributed by atoms with van der Waals surface area (Å²) in [5.74, 6) is -5.28. The molecule has 4 rings (SSSR count). The van der Waals surface area contributed by atoms with Crippen LogP contribution in [0.2, 0.25) is 0 Å². The Kier molecular flexibility index (Phi) is 7.52. The summed E-state index contributed by atoms with van der Waals surface area (Å²) >= 11 is 0. The first kappa shape index (κ1) is 25.9. The van der Waals surface area contributed by atoms with E-state index >= 15 is 0 Å². The highest BCUT2D eigenvalue weighted by Gasteiger charge is 2.35. The number of amides is 2. The van der Waals surface area contributed by atoms with Gasteiger partial charge in [0.1, 0.15) is 17.7 Å². The van der Waals surface area contributed by atoms with Crippen LogP contribution in [0.5, 0.6) is 0 Å². The van der Waals surface area contributed by atoms with E-state index in [1.54, 1.807) is 0 Å². The minimum absolute atomic E-state index is 0.0659. The zero-order chi connectivity index (χ0) is 26.1. The number of hydrogen-bond donors (Lipinski definition) is 4. The first-order valence-electron chi connectivity index (χ1n) is 11.2. The molecule has 2 aromatic rings. The topological polar surface area (TPSA) is 160 Å². The molecule has 0 fully saturated rings. The molecule has 2 amide bonds. The summed E-state index contributed by atoms with van der Waals surface area (Å²) in [7, 11) is -2.68. The van der Waals surface area contributed by atoms with E-state index in [9.17, 15) is 33.2 Å². The van der Waals surface area contributed by atoms with Crippen LogP contribution in [0.15, 0.2) is 24.3 Å². The number of fused-ring (bicyclic) bond motifs is 2. The van der Waals surface area contributed by atoms with Crippen molar-refractivity contribution in [2.24, 2.45) is 5.73 Å². The Hall–Kier alpha value is -3.16. The van der Waals surface area contributed by atoms with Gasteiger partial charge in [-0.05, 0) is 65.6 Å². The Bertz CT molecular complexity index is 1150. The molecule has 0 spiro atoms. The Morgan fingerprint density at radius 2 is 1.39 bits per heavy atom. The number of carboxylic acid groups (broad SMARTS) is 1. The van der Waals surface area contributed by atoms with Crippen LogP contribution in [0, 0.1) is 11.6 Å². The lowest BCUT2D eigenvalue weighted by Gasteiger charge is -2.22. The summed E-state index contributed by atoms with van der Waals surface area (Å²) in [6.45, 7) is -0.408. The van der Waals surface area contributed by atoms with Crippen molar-refractivity contribution in [3.8, 4) is 0 Å². The van der Waals surface area contributed by atoms with Crippen molar-refractivity contribution in [1.82, 2.24) is 4.90 Å². The molecule has 0 saturated heterocycles. The normalized spacial score (nSPS) is 15.0. The summed E-state index contributed by atoms with van der Waals surface area (Å²) in [6, 6.07) is 3.11. The average molecular weight is 502 g/mol. The number of carbonyl (C=O) groups is 3. The number of halogens is 2. The van der Waals surface area contributed by atoms with Crippen LogP contribution in [0.25, 0.3) is 0 Å². The van der Waals surface area contributed by atoms with Crippen LogP contribution in [0.4, 0.5) is 8.78 Å². The lowest BCUT2D eigenvalue weighted by molar-refractivity contribution is -0.138. The Morgan fingerprint density at radius 1 is 0.917 bits per heavy atom. The molecule has 10 nitrogen and oxygen atoms in total. The maximum Gasteiger partial charge on any atom is 0.491 e. The number of carbonyl (C=O) groups excluding carboxylic acids is 2. The van der Waals surface area contributed by atoms with Crippen LogP contribution in [-0.4, -0.2) is 64.7 Å². The van der Waals surface area contributed by atoms with E-state index in [-0.39, 0.29) is 49.9 Å². The highest BCUT2D eigenvalue weighted by atomic mass is 19.1. The summed E-state index contributed by atoms with van der Waals surface area (Å²) in [6.07, 6.45) is 0.418. The van der Waals surface area contributed by atoms with Crippen molar-refractivity contribution in [1.29, 1.82) is 0 Å². The SMILES string of the molecule is N[C@@H](CCCCN(C(=O)c1cc2c(cc1F)B(O)OC2)C(=O)c1cc2c(cc1F)B(O)OC2)C(=O)O. The second kappa shape index (κ2) is 10.4. The highest BCUT2D eigenvalue weighted by Crippen LogP contribution is 2.22. The molecular formula is C22H22B2F2N2O8. The molecule has 36 heavy (non-hydrogen) atoms. The molecule has 2 aliphatic rings. The van der Waals surface area contributed by atoms with E-state index in [1.165, 1.54) is 12.1 Å². The summed E-state index contributed by atoms with van der Waals surface area (Å²) in [5, 5.41) is 28.5. The van der Waals surface area contributed by atoms with Crippen LogP contribution in [0.1, 0.15) is 51.1 Å². The van der Waals surface area contributed by atoms with E-state index in [1.807, 2.05) is 0 Å². The molecule has 2 aromatic carbocycles. The molecule has 5 N–H and O–H groups in total. The van der Waals surface area contributed by atoms with Gasteiger partial charge in [0.2, 0.25) is 0 Å². The fourth-order valence-electron chi connectivity index (χ4n) is 4.17. The van der Waals surface area contributed by atoms with Gasteiger partial charge in [-0.25, -0.2) is 8.78 Å².